The van der Waals surface area contributed by atoms with Gasteiger partial charge in [-0.05, 0) is 43.2 Å². The number of hydrogen-bond donors (Lipinski definition) is 2. The van der Waals surface area contributed by atoms with Crippen LogP contribution in [0.15, 0.2) is 36.7 Å². The van der Waals surface area contributed by atoms with Crippen LogP contribution in [0.4, 0.5) is 5.82 Å². The Bertz CT molecular complexity index is 848. The molecule has 2 aromatic rings. The van der Waals surface area contributed by atoms with Gasteiger partial charge in [-0.2, -0.15) is 0 Å². The van der Waals surface area contributed by atoms with Crippen LogP contribution in [0.3, 0.4) is 0 Å². The number of nitrogens with zero attached hydrogens (tertiary/aromatic N) is 3. The van der Waals surface area contributed by atoms with Crippen LogP contribution < -0.4 is 10.2 Å². The highest BCUT2D eigenvalue weighted by Crippen LogP contribution is 2.29. The van der Waals surface area contributed by atoms with E-state index in [0.717, 1.165) is 55.8 Å². The average molecular weight is 380 g/mol. The lowest BCUT2D eigenvalue weighted by molar-refractivity contribution is -0.141. The van der Waals surface area contributed by atoms with Gasteiger partial charge in [0.1, 0.15) is 17.7 Å². The molecule has 1 amide bonds. The molecule has 1 aromatic carbocycles. The van der Waals surface area contributed by atoms with Crippen molar-refractivity contribution < 1.29 is 9.90 Å². The summed E-state index contributed by atoms with van der Waals surface area (Å²) < 4.78 is 0. The van der Waals surface area contributed by atoms with E-state index < -0.39 is 5.60 Å². The largest absolute Gasteiger partial charge is 0.380 e. The van der Waals surface area contributed by atoms with E-state index >= 15 is 0 Å². The number of hydrogen-bond acceptors (Lipinski definition) is 5. The predicted octanol–water partition coefficient (Wildman–Crippen LogP) is 2.04. The Hall–Kier alpha value is -2.47. The molecule has 6 heteroatoms. The molecule has 1 aliphatic heterocycles. The zero-order chi connectivity index (χ0) is 19.6. The molecule has 2 N–H and O–H groups in total. The zero-order valence-corrected chi connectivity index (χ0v) is 16.4. The van der Waals surface area contributed by atoms with Gasteiger partial charge in [0.25, 0.3) is 5.91 Å². The zero-order valence-electron chi connectivity index (χ0n) is 16.4. The third-order valence-electron chi connectivity index (χ3n) is 6.06. The normalized spacial score (nSPS) is 22.6. The topological polar surface area (TPSA) is 78.4 Å². The van der Waals surface area contributed by atoms with Gasteiger partial charge in [-0.1, -0.05) is 31.2 Å². The van der Waals surface area contributed by atoms with Crippen LogP contribution in [0.1, 0.15) is 43.0 Å². The Balaban J connectivity index is 1.34. The van der Waals surface area contributed by atoms with Crippen molar-refractivity contribution in [3.8, 4) is 0 Å². The van der Waals surface area contributed by atoms with Gasteiger partial charge < -0.3 is 15.3 Å². The van der Waals surface area contributed by atoms with E-state index in [1.54, 1.807) is 6.33 Å². The van der Waals surface area contributed by atoms with E-state index in [4.69, 9.17) is 0 Å². The van der Waals surface area contributed by atoms with E-state index in [1.165, 1.54) is 5.56 Å². The van der Waals surface area contributed by atoms with E-state index in [2.05, 4.69) is 33.2 Å². The second-order valence-corrected chi connectivity index (χ2v) is 7.93. The minimum atomic E-state index is -1.30. The van der Waals surface area contributed by atoms with Gasteiger partial charge in [-0.25, -0.2) is 9.97 Å². The summed E-state index contributed by atoms with van der Waals surface area (Å²) in [4.78, 5) is 23.7. The highest BCUT2D eigenvalue weighted by molar-refractivity contribution is 5.86. The highest BCUT2D eigenvalue weighted by Gasteiger charge is 2.40. The first-order valence-corrected chi connectivity index (χ1v) is 10.2. The summed E-state index contributed by atoms with van der Waals surface area (Å²) in [5.74, 6) is 0.731. The molecule has 1 fully saturated rings. The van der Waals surface area contributed by atoms with Gasteiger partial charge in [0, 0.05) is 37.3 Å². The van der Waals surface area contributed by atoms with Gasteiger partial charge in [0.05, 0.1) is 0 Å². The lowest BCUT2D eigenvalue weighted by Crippen LogP contribution is -2.55. The van der Waals surface area contributed by atoms with Gasteiger partial charge >= 0.3 is 0 Å². The number of aromatic nitrogens is 2. The molecule has 1 saturated heterocycles. The number of nitrogens with one attached hydrogen (secondary N) is 1. The van der Waals surface area contributed by atoms with Crippen LogP contribution in [-0.2, 0) is 24.1 Å². The Morgan fingerprint density at radius 2 is 2.00 bits per heavy atom. The van der Waals surface area contributed by atoms with Crippen LogP contribution in [0.5, 0.6) is 0 Å². The molecule has 1 unspecified atom stereocenters. The second kappa shape index (κ2) is 7.87. The van der Waals surface area contributed by atoms with Crippen LogP contribution >= 0.6 is 0 Å². The lowest BCUT2D eigenvalue weighted by Gasteiger charge is -2.37. The number of carbonyl (C=O) groups is 1. The minimum Gasteiger partial charge on any atom is -0.380 e. The van der Waals surface area contributed by atoms with Gasteiger partial charge in [-0.3, -0.25) is 4.79 Å². The number of benzene rings is 1. The smallest absolute Gasteiger partial charge is 0.252 e. The molecule has 2 heterocycles. The van der Waals surface area contributed by atoms with E-state index in [1.807, 2.05) is 24.3 Å². The molecule has 4 rings (SSSR count). The maximum atomic E-state index is 12.8. The number of anilines is 1. The molecule has 0 radical (unpaired) electrons. The van der Waals surface area contributed by atoms with E-state index in [-0.39, 0.29) is 11.9 Å². The van der Waals surface area contributed by atoms with Crippen molar-refractivity contribution in [2.45, 2.75) is 57.1 Å². The molecule has 1 aromatic heterocycles. The number of piperidine rings is 1. The number of aryl methyl sites for hydroxylation is 2. The highest BCUT2D eigenvalue weighted by atomic mass is 16.3. The van der Waals surface area contributed by atoms with Gasteiger partial charge in [-0.15, -0.1) is 0 Å². The Labute approximate surface area is 166 Å². The molecule has 28 heavy (non-hydrogen) atoms. The molecule has 6 nitrogen and oxygen atoms in total. The Kier molecular flexibility index (Phi) is 5.31. The van der Waals surface area contributed by atoms with Gasteiger partial charge in [0.2, 0.25) is 0 Å². The standard InChI is InChI=1S/C22H28N4O2/c1-2-18-13-20(24-15-23-18)26-11-8-19(9-12-26)25-21(27)22(28)10-7-16-5-3-4-6-17(16)14-22/h3-6,13,15,19,28H,2,7-12,14H2,1H3,(H,25,27). The summed E-state index contributed by atoms with van der Waals surface area (Å²) in [6.07, 6.45) is 5.84. The molecule has 0 saturated carbocycles. The number of rotatable bonds is 4. The molecule has 1 aliphatic carbocycles. The minimum absolute atomic E-state index is 0.0948. The summed E-state index contributed by atoms with van der Waals surface area (Å²) in [5.41, 5.74) is 2.07. The summed E-state index contributed by atoms with van der Waals surface area (Å²) in [5, 5.41) is 14.1. The third kappa shape index (κ3) is 3.87. The third-order valence-corrected chi connectivity index (χ3v) is 6.06. The van der Waals surface area contributed by atoms with Crippen molar-refractivity contribution in [3.63, 3.8) is 0 Å². The molecule has 148 valence electrons. The molecule has 0 spiro atoms. The summed E-state index contributed by atoms with van der Waals surface area (Å²) in [6, 6.07) is 10.2. The average Bonchev–Trinajstić information content (AvgIpc) is 2.74. The summed E-state index contributed by atoms with van der Waals surface area (Å²) in [7, 11) is 0. The maximum Gasteiger partial charge on any atom is 0.252 e. The summed E-state index contributed by atoms with van der Waals surface area (Å²) in [6.45, 7) is 3.76. The molecule has 2 aliphatic rings. The quantitative estimate of drug-likeness (QED) is 0.849. The van der Waals surface area contributed by atoms with Crippen molar-refractivity contribution >= 4 is 11.7 Å². The van der Waals surface area contributed by atoms with Crippen LogP contribution in [0, 0.1) is 0 Å². The molecule has 1 atom stereocenters. The first kappa shape index (κ1) is 18.9. The first-order valence-electron chi connectivity index (χ1n) is 10.2. The summed E-state index contributed by atoms with van der Waals surface area (Å²) >= 11 is 0. The van der Waals surface area contributed by atoms with Crippen molar-refractivity contribution in [1.29, 1.82) is 0 Å². The van der Waals surface area contributed by atoms with E-state index in [9.17, 15) is 9.90 Å². The fraction of sp³-hybridized carbons (Fsp3) is 0.500. The lowest BCUT2D eigenvalue weighted by atomic mass is 9.79. The van der Waals surface area contributed by atoms with Crippen molar-refractivity contribution in [2.75, 3.05) is 18.0 Å². The van der Waals surface area contributed by atoms with Crippen molar-refractivity contribution in [1.82, 2.24) is 15.3 Å². The maximum absolute atomic E-state index is 12.8. The second-order valence-electron chi connectivity index (χ2n) is 7.93. The van der Waals surface area contributed by atoms with Crippen LogP contribution in [0.25, 0.3) is 0 Å². The molecular formula is C22H28N4O2. The van der Waals surface area contributed by atoms with E-state index in [0.29, 0.717) is 12.8 Å². The fourth-order valence-corrected chi connectivity index (χ4v) is 4.24. The number of fused-ring (bicyclic) bond motifs is 1. The number of aliphatic hydroxyl groups is 1. The SMILES string of the molecule is CCc1cc(N2CCC(NC(=O)C3(O)CCc4ccccc4C3)CC2)ncn1. The van der Waals surface area contributed by atoms with Crippen LogP contribution in [0.2, 0.25) is 0 Å². The number of amides is 1. The molecular weight excluding hydrogens is 352 g/mol. The predicted molar refractivity (Wildman–Crippen MR) is 108 cm³/mol. The number of carbonyl (C=O) groups excluding carboxylic acids is 1. The Morgan fingerprint density at radius 3 is 2.75 bits per heavy atom. The Morgan fingerprint density at radius 1 is 1.25 bits per heavy atom. The van der Waals surface area contributed by atoms with Crippen molar-refractivity contribution in [3.05, 3.63) is 53.5 Å². The molecule has 0 bridgehead atoms. The first-order chi connectivity index (χ1) is 13.6. The van der Waals surface area contributed by atoms with Gasteiger partial charge in [0.15, 0.2) is 0 Å². The monoisotopic (exact) mass is 380 g/mol. The van der Waals surface area contributed by atoms with Crippen LogP contribution in [-0.4, -0.2) is 45.7 Å². The fourth-order valence-electron chi connectivity index (χ4n) is 4.24. The van der Waals surface area contributed by atoms with Crippen molar-refractivity contribution in [2.24, 2.45) is 0 Å².